The normalized spacial score (nSPS) is 31.3. The van der Waals surface area contributed by atoms with E-state index in [1.54, 1.807) is 0 Å². The molecule has 1 saturated carbocycles. The smallest absolute Gasteiger partial charge is 0.393 e. The molecule has 2 aliphatic rings. The highest BCUT2D eigenvalue weighted by Gasteiger charge is 2.37. The average Bonchev–Trinajstić information content (AvgIpc) is 2.84. The van der Waals surface area contributed by atoms with Crippen molar-refractivity contribution < 1.29 is 23.1 Å². The maximum absolute atomic E-state index is 12.1. The monoisotopic (exact) mass is 308 g/mol. The molecule has 2 fully saturated rings. The molecule has 0 spiro atoms. The minimum absolute atomic E-state index is 0.00995. The first-order valence-electron chi connectivity index (χ1n) is 7.62. The Morgan fingerprint density at radius 2 is 1.90 bits per heavy atom. The van der Waals surface area contributed by atoms with Crippen molar-refractivity contribution in [2.45, 2.75) is 56.8 Å². The van der Waals surface area contributed by atoms with Gasteiger partial charge >= 0.3 is 6.18 Å². The Morgan fingerprint density at radius 1 is 1.19 bits per heavy atom. The third-order valence-electron chi connectivity index (χ3n) is 4.52. The fraction of sp³-hybridized carbons (Fsp3) is 0.929. The first-order valence-corrected chi connectivity index (χ1v) is 7.62. The Bertz CT molecular complexity index is 363. The molecule has 0 radical (unpaired) electrons. The molecule has 122 valence electrons. The molecule has 0 bridgehead atoms. The minimum atomic E-state index is -4.38. The van der Waals surface area contributed by atoms with Crippen LogP contribution in [0.2, 0.25) is 0 Å². The molecular formula is C14H23F3N2O2. The van der Waals surface area contributed by atoms with Gasteiger partial charge in [0.1, 0.15) is 6.54 Å². The summed E-state index contributed by atoms with van der Waals surface area (Å²) in [6.45, 7) is -0.576. The predicted octanol–water partition coefficient (Wildman–Crippen LogP) is 1.68. The number of carbonyl (C=O) groups is 1. The molecular weight excluding hydrogens is 285 g/mol. The highest BCUT2D eigenvalue weighted by molar-refractivity contribution is 5.78. The summed E-state index contributed by atoms with van der Waals surface area (Å²) in [5, 5.41) is 12.0. The van der Waals surface area contributed by atoms with Gasteiger partial charge in [0, 0.05) is 12.0 Å². The molecule has 0 aromatic carbocycles. The molecule has 3 unspecified atom stereocenters. The third-order valence-corrected chi connectivity index (χ3v) is 4.52. The van der Waals surface area contributed by atoms with Crippen molar-refractivity contribution in [3.05, 3.63) is 0 Å². The molecule has 2 N–H and O–H groups in total. The van der Waals surface area contributed by atoms with Crippen LogP contribution in [0.5, 0.6) is 0 Å². The molecule has 1 saturated heterocycles. The van der Waals surface area contributed by atoms with Gasteiger partial charge in [-0.15, -0.1) is 0 Å². The van der Waals surface area contributed by atoms with Gasteiger partial charge in [-0.2, -0.15) is 13.2 Å². The summed E-state index contributed by atoms with van der Waals surface area (Å²) in [5.74, 6) is -0.443. The van der Waals surface area contributed by atoms with Crippen LogP contribution in [0.25, 0.3) is 0 Å². The van der Waals surface area contributed by atoms with Crippen LogP contribution in [0.1, 0.15) is 38.5 Å². The van der Waals surface area contributed by atoms with E-state index >= 15 is 0 Å². The molecule has 0 aromatic heterocycles. The largest absolute Gasteiger partial charge is 0.405 e. The Balaban J connectivity index is 1.85. The van der Waals surface area contributed by atoms with E-state index in [9.17, 15) is 23.1 Å². The second-order valence-electron chi connectivity index (χ2n) is 6.09. The molecule has 2 rings (SSSR count). The van der Waals surface area contributed by atoms with Crippen LogP contribution in [0.4, 0.5) is 13.2 Å². The van der Waals surface area contributed by atoms with E-state index in [4.69, 9.17) is 0 Å². The van der Waals surface area contributed by atoms with Gasteiger partial charge in [0.25, 0.3) is 0 Å². The Hall–Kier alpha value is -0.820. The molecule has 7 heteroatoms. The van der Waals surface area contributed by atoms with Gasteiger partial charge in [-0.25, -0.2) is 0 Å². The number of rotatable bonds is 4. The van der Waals surface area contributed by atoms with Crippen LogP contribution >= 0.6 is 0 Å². The number of aliphatic hydroxyl groups is 1. The van der Waals surface area contributed by atoms with Gasteiger partial charge in [0.15, 0.2) is 0 Å². The SMILES string of the molecule is O=C(CN1CCCC1C1CCCCC1O)NCC(F)(F)F. The highest BCUT2D eigenvalue weighted by atomic mass is 19.4. The summed E-state index contributed by atoms with van der Waals surface area (Å²) in [6, 6.07) is 0.122. The third kappa shape index (κ3) is 4.85. The Morgan fingerprint density at radius 3 is 2.57 bits per heavy atom. The van der Waals surface area contributed by atoms with Crippen molar-refractivity contribution in [1.82, 2.24) is 10.2 Å². The fourth-order valence-corrected chi connectivity index (χ4v) is 3.56. The number of nitrogens with one attached hydrogen (secondary N) is 1. The topological polar surface area (TPSA) is 52.6 Å². The quantitative estimate of drug-likeness (QED) is 0.831. The first-order chi connectivity index (χ1) is 9.87. The van der Waals surface area contributed by atoms with Crippen molar-refractivity contribution >= 4 is 5.91 Å². The summed E-state index contributed by atoms with van der Waals surface area (Å²) in [5.41, 5.74) is 0. The number of halogens is 3. The van der Waals surface area contributed by atoms with Gasteiger partial charge in [0.05, 0.1) is 12.6 Å². The van der Waals surface area contributed by atoms with Crippen LogP contribution in [0.15, 0.2) is 0 Å². The number of nitrogens with zero attached hydrogens (tertiary/aromatic N) is 1. The van der Waals surface area contributed by atoms with Gasteiger partial charge < -0.3 is 10.4 Å². The zero-order valence-corrected chi connectivity index (χ0v) is 12.0. The van der Waals surface area contributed by atoms with E-state index in [1.807, 2.05) is 10.2 Å². The zero-order chi connectivity index (χ0) is 15.5. The average molecular weight is 308 g/mol. The van der Waals surface area contributed by atoms with Crippen molar-refractivity contribution in [2.24, 2.45) is 5.92 Å². The Labute approximate surface area is 122 Å². The lowest BCUT2D eigenvalue weighted by Crippen LogP contribution is -2.47. The van der Waals surface area contributed by atoms with Crippen molar-refractivity contribution in [1.29, 1.82) is 0 Å². The summed E-state index contributed by atoms with van der Waals surface area (Å²) < 4.78 is 36.3. The summed E-state index contributed by atoms with van der Waals surface area (Å²) in [6.07, 6.45) is 0.946. The van der Waals surface area contributed by atoms with E-state index in [2.05, 4.69) is 0 Å². The maximum atomic E-state index is 12.1. The molecule has 21 heavy (non-hydrogen) atoms. The number of aliphatic hydroxyl groups excluding tert-OH is 1. The maximum Gasteiger partial charge on any atom is 0.405 e. The summed E-state index contributed by atoms with van der Waals surface area (Å²) >= 11 is 0. The van der Waals surface area contributed by atoms with E-state index < -0.39 is 18.6 Å². The predicted molar refractivity (Wildman–Crippen MR) is 71.6 cm³/mol. The van der Waals surface area contributed by atoms with Crippen LogP contribution in [-0.2, 0) is 4.79 Å². The standard InChI is InChI=1S/C14H23F3N2O2/c15-14(16,17)9-18-13(21)8-19-7-3-5-11(19)10-4-1-2-6-12(10)20/h10-12,20H,1-9H2,(H,18,21). The van der Waals surface area contributed by atoms with Crippen molar-refractivity contribution in [3.8, 4) is 0 Å². The number of hydrogen-bond acceptors (Lipinski definition) is 3. The molecule has 1 amide bonds. The summed E-state index contributed by atoms with van der Waals surface area (Å²) in [4.78, 5) is 13.6. The Kier molecular flexibility index (Phi) is 5.48. The fourth-order valence-electron chi connectivity index (χ4n) is 3.56. The van der Waals surface area contributed by atoms with Crippen LogP contribution in [-0.4, -0.2) is 53.9 Å². The van der Waals surface area contributed by atoms with E-state index in [1.165, 1.54) is 0 Å². The van der Waals surface area contributed by atoms with Gasteiger partial charge in [0.2, 0.25) is 5.91 Å². The number of amides is 1. The van der Waals surface area contributed by atoms with Crippen LogP contribution in [0, 0.1) is 5.92 Å². The number of alkyl halides is 3. The second kappa shape index (κ2) is 6.96. The van der Waals surface area contributed by atoms with Crippen molar-refractivity contribution in [2.75, 3.05) is 19.6 Å². The van der Waals surface area contributed by atoms with Gasteiger partial charge in [-0.3, -0.25) is 9.69 Å². The zero-order valence-electron chi connectivity index (χ0n) is 12.0. The lowest BCUT2D eigenvalue weighted by atomic mass is 9.80. The molecule has 3 atom stereocenters. The lowest BCUT2D eigenvalue weighted by molar-refractivity contribution is -0.139. The van der Waals surface area contributed by atoms with Gasteiger partial charge in [-0.05, 0) is 32.2 Å². The molecule has 0 aromatic rings. The first kappa shape index (κ1) is 16.5. The molecule has 1 aliphatic heterocycles. The van der Waals surface area contributed by atoms with Crippen LogP contribution in [0.3, 0.4) is 0 Å². The number of hydrogen-bond donors (Lipinski definition) is 2. The molecule has 1 aliphatic carbocycles. The molecule has 1 heterocycles. The van der Waals surface area contributed by atoms with Crippen LogP contribution < -0.4 is 5.32 Å². The van der Waals surface area contributed by atoms with Crippen molar-refractivity contribution in [3.63, 3.8) is 0 Å². The van der Waals surface area contributed by atoms with Gasteiger partial charge in [-0.1, -0.05) is 12.8 Å². The summed E-state index contributed by atoms with van der Waals surface area (Å²) in [7, 11) is 0. The molecule has 4 nitrogen and oxygen atoms in total. The number of carbonyl (C=O) groups excluding carboxylic acids is 1. The van der Waals surface area contributed by atoms with E-state index in [0.717, 1.165) is 38.5 Å². The minimum Gasteiger partial charge on any atom is -0.393 e. The van der Waals surface area contributed by atoms with E-state index in [0.29, 0.717) is 6.54 Å². The van der Waals surface area contributed by atoms with E-state index in [-0.39, 0.29) is 24.6 Å². The second-order valence-corrected chi connectivity index (χ2v) is 6.09. The highest BCUT2D eigenvalue weighted by Crippen LogP contribution is 2.34. The number of likely N-dealkylation sites (tertiary alicyclic amines) is 1. The lowest BCUT2D eigenvalue weighted by Gasteiger charge is -2.37.